The first-order chi connectivity index (χ1) is 12.1. The lowest BCUT2D eigenvalue weighted by Gasteiger charge is -2.25. The van der Waals surface area contributed by atoms with Gasteiger partial charge in [0.05, 0.1) is 10.5 Å². The van der Waals surface area contributed by atoms with Crippen LogP contribution < -0.4 is 0 Å². The quantitative estimate of drug-likeness (QED) is 0.750. The number of nitrogens with one attached hydrogen (secondary N) is 1. The highest BCUT2D eigenvalue weighted by atomic mass is 35.5. The first-order valence-electron chi connectivity index (χ1n) is 8.31. The average molecular weight is 376 g/mol. The molecule has 0 saturated carbocycles. The molecule has 1 N–H and O–H groups in total. The molecule has 2 heterocycles. The van der Waals surface area contributed by atoms with Gasteiger partial charge in [0.1, 0.15) is 16.2 Å². The summed E-state index contributed by atoms with van der Waals surface area (Å²) in [7, 11) is -3.55. The van der Waals surface area contributed by atoms with Crippen LogP contribution in [0.15, 0.2) is 47.4 Å². The summed E-state index contributed by atoms with van der Waals surface area (Å²) < 4.78 is 27.7. The predicted molar refractivity (Wildman–Crippen MR) is 99.1 cm³/mol. The van der Waals surface area contributed by atoms with Crippen molar-refractivity contribution in [1.82, 2.24) is 14.3 Å². The van der Waals surface area contributed by atoms with Crippen LogP contribution in [0.3, 0.4) is 0 Å². The van der Waals surface area contributed by atoms with Gasteiger partial charge in [0, 0.05) is 18.7 Å². The van der Waals surface area contributed by atoms with Gasteiger partial charge in [-0.25, -0.2) is 13.4 Å². The van der Waals surface area contributed by atoms with Gasteiger partial charge in [0.2, 0.25) is 10.0 Å². The second kappa shape index (κ2) is 6.44. The van der Waals surface area contributed by atoms with Crippen molar-refractivity contribution in [2.24, 2.45) is 0 Å². The summed E-state index contributed by atoms with van der Waals surface area (Å²) in [5, 5.41) is 0.571. The summed E-state index contributed by atoms with van der Waals surface area (Å²) in [6.45, 7) is 1.14. The molecule has 0 atom stereocenters. The van der Waals surface area contributed by atoms with Crippen molar-refractivity contribution < 1.29 is 8.42 Å². The number of aromatic amines is 1. The van der Waals surface area contributed by atoms with Crippen molar-refractivity contribution >= 4 is 32.7 Å². The van der Waals surface area contributed by atoms with Gasteiger partial charge in [0.15, 0.2) is 0 Å². The summed E-state index contributed by atoms with van der Waals surface area (Å²) in [5.74, 6) is 0.571. The van der Waals surface area contributed by atoms with E-state index in [0.29, 0.717) is 35.0 Å². The SMILES string of the molecule is O=S(=O)(c1cccc2[nH]c(-c3ccccc3Cl)nc12)N1CCCCC1. The highest BCUT2D eigenvalue weighted by molar-refractivity contribution is 7.89. The van der Waals surface area contributed by atoms with Gasteiger partial charge in [-0.1, -0.05) is 36.2 Å². The minimum atomic E-state index is -3.55. The number of hydrogen-bond donors (Lipinski definition) is 1. The Hall–Kier alpha value is -1.89. The van der Waals surface area contributed by atoms with Crippen LogP contribution in [-0.2, 0) is 10.0 Å². The Bertz CT molecular complexity index is 1020. The molecule has 130 valence electrons. The summed E-state index contributed by atoms with van der Waals surface area (Å²) in [6, 6.07) is 12.6. The lowest BCUT2D eigenvalue weighted by Crippen LogP contribution is -2.35. The molecule has 0 bridgehead atoms. The van der Waals surface area contributed by atoms with Gasteiger partial charge < -0.3 is 4.98 Å². The minimum absolute atomic E-state index is 0.251. The van der Waals surface area contributed by atoms with Crippen LogP contribution in [0.1, 0.15) is 19.3 Å². The molecule has 0 radical (unpaired) electrons. The molecule has 0 spiro atoms. The van der Waals surface area contributed by atoms with E-state index in [9.17, 15) is 8.42 Å². The van der Waals surface area contributed by atoms with Crippen molar-refractivity contribution in [3.8, 4) is 11.4 Å². The predicted octanol–water partition coefficient (Wildman–Crippen LogP) is 4.06. The molecule has 0 aliphatic carbocycles. The number of hydrogen-bond acceptors (Lipinski definition) is 3. The number of sulfonamides is 1. The van der Waals surface area contributed by atoms with Crippen LogP contribution in [0.4, 0.5) is 0 Å². The Morgan fingerprint density at radius 3 is 2.52 bits per heavy atom. The van der Waals surface area contributed by atoms with Crippen molar-refractivity contribution in [1.29, 1.82) is 0 Å². The summed E-state index contributed by atoms with van der Waals surface area (Å²) in [5.41, 5.74) is 1.90. The number of fused-ring (bicyclic) bond motifs is 1. The topological polar surface area (TPSA) is 66.1 Å². The molecule has 1 aliphatic heterocycles. The van der Waals surface area contributed by atoms with Crippen molar-refractivity contribution in [2.75, 3.05) is 13.1 Å². The number of para-hydroxylation sites is 1. The number of nitrogens with zero attached hydrogens (tertiary/aromatic N) is 2. The number of benzene rings is 2. The number of rotatable bonds is 3. The first-order valence-corrected chi connectivity index (χ1v) is 10.1. The van der Waals surface area contributed by atoms with Crippen molar-refractivity contribution in [3.63, 3.8) is 0 Å². The standard InChI is InChI=1S/C18H18ClN3O2S/c19-14-8-3-2-7-13(14)18-20-15-9-6-10-16(17(15)21-18)25(23,24)22-11-4-1-5-12-22/h2-3,6-10H,1,4-5,11-12H2,(H,20,21). The van der Waals surface area contributed by atoms with E-state index in [1.54, 1.807) is 22.5 Å². The smallest absolute Gasteiger partial charge is 0.245 e. The second-order valence-corrected chi connectivity index (χ2v) is 8.50. The highest BCUT2D eigenvalue weighted by Crippen LogP contribution is 2.31. The summed E-state index contributed by atoms with van der Waals surface area (Å²) in [6.07, 6.45) is 2.89. The maximum absolute atomic E-state index is 13.1. The fourth-order valence-electron chi connectivity index (χ4n) is 3.24. The van der Waals surface area contributed by atoms with E-state index >= 15 is 0 Å². The highest BCUT2D eigenvalue weighted by Gasteiger charge is 2.28. The zero-order valence-corrected chi connectivity index (χ0v) is 15.1. The maximum Gasteiger partial charge on any atom is 0.245 e. The fourth-order valence-corrected chi connectivity index (χ4v) is 5.13. The molecule has 1 aromatic heterocycles. The average Bonchev–Trinajstić information content (AvgIpc) is 3.06. The largest absolute Gasteiger partial charge is 0.338 e. The third-order valence-corrected chi connectivity index (χ3v) is 6.80. The second-order valence-electron chi connectivity index (χ2n) is 6.18. The van der Waals surface area contributed by atoms with Gasteiger partial charge in [-0.3, -0.25) is 0 Å². The lowest BCUT2D eigenvalue weighted by atomic mass is 10.2. The molecule has 7 heteroatoms. The van der Waals surface area contributed by atoms with Crippen LogP contribution in [0, 0.1) is 0 Å². The molecule has 2 aromatic carbocycles. The lowest BCUT2D eigenvalue weighted by molar-refractivity contribution is 0.347. The van der Waals surface area contributed by atoms with Crippen LogP contribution >= 0.6 is 11.6 Å². The summed E-state index contributed by atoms with van der Waals surface area (Å²) >= 11 is 6.25. The van der Waals surface area contributed by atoms with Gasteiger partial charge in [-0.05, 0) is 37.1 Å². The first kappa shape index (κ1) is 16.6. The Balaban J connectivity index is 1.84. The van der Waals surface area contributed by atoms with E-state index < -0.39 is 10.0 Å². The molecule has 0 unspecified atom stereocenters. The Morgan fingerprint density at radius 2 is 1.76 bits per heavy atom. The van der Waals surface area contributed by atoms with Gasteiger partial charge in [-0.2, -0.15) is 4.31 Å². The van der Waals surface area contributed by atoms with E-state index in [1.165, 1.54) is 0 Å². The molecule has 5 nitrogen and oxygen atoms in total. The van der Waals surface area contributed by atoms with Gasteiger partial charge in [-0.15, -0.1) is 0 Å². The van der Waals surface area contributed by atoms with Crippen LogP contribution in [-0.4, -0.2) is 35.8 Å². The molecule has 1 saturated heterocycles. The Morgan fingerprint density at radius 1 is 1.00 bits per heavy atom. The number of aromatic nitrogens is 2. The molecule has 4 rings (SSSR count). The summed E-state index contributed by atoms with van der Waals surface area (Å²) in [4.78, 5) is 8.00. The zero-order chi connectivity index (χ0) is 17.4. The van der Waals surface area contributed by atoms with E-state index in [2.05, 4.69) is 9.97 Å². The zero-order valence-electron chi connectivity index (χ0n) is 13.6. The molecule has 25 heavy (non-hydrogen) atoms. The van der Waals surface area contributed by atoms with E-state index in [0.717, 1.165) is 24.8 Å². The van der Waals surface area contributed by atoms with Crippen molar-refractivity contribution in [2.45, 2.75) is 24.2 Å². The molecule has 1 aliphatic rings. The maximum atomic E-state index is 13.1. The van der Waals surface area contributed by atoms with Crippen molar-refractivity contribution in [3.05, 3.63) is 47.5 Å². The number of halogens is 1. The van der Waals surface area contributed by atoms with Crippen LogP contribution in [0.2, 0.25) is 5.02 Å². The monoisotopic (exact) mass is 375 g/mol. The number of H-pyrrole nitrogens is 1. The molecular weight excluding hydrogens is 358 g/mol. The Labute approximate surface area is 151 Å². The normalized spacial score (nSPS) is 16.4. The third kappa shape index (κ3) is 2.94. The molecule has 1 fully saturated rings. The van der Waals surface area contributed by atoms with Crippen LogP contribution in [0.25, 0.3) is 22.4 Å². The van der Waals surface area contributed by atoms with Gasteiger partial charge in [0.25, 0.3) is 0 Å². The van der Waals surface area contributed by atoms with E-state index in [4.69, 9.17) is 11.6 Å². The van der Waals surface area contributed by atoms with Gasteiger partial charge >= 0.3 is 0 Å². The number of piperidine rings is 1. The number of imidazole rings is 1. The molecule has 3 aromatic rings. The van der Waals surface area contributed by atoms with Crippen LogP contribution in [0.5, 0.6) is 0 Å². The third-order valence-electron chi connectivity index (χ3n) is 4.54. The Kier molecular flexibility index (Phi) is 4.27. The molecular formula is C18H18ClN3O2S. The minimum Gasteiger partial charge on any atom is -0.338 e. The van der Waals surface area contributed by atoms with E-state index in [1.807, 2.05) is 24.3 Å². The fraction of sp³-hybridized carbons (Fsp3) is 0.278. The van der Waals surface area contributed by atoms with E-state index in [-0.39, 0.29) is 4.90 Å². The molecule has 0 amide bonds.